The molecule has 2 N–H and O–H groups in total. The fourth-order valence-electron chi connectivity index (χ4n) is 3.03. The molecule has 1 aliphatic rings. The van der Waals surface area contributed by atoms with Gasteiger partial charge in [-0.25, -0.2) is 4.98 Å². The molecule has 1 fully saturated rings. The molecule has 1 aromatic heterocycles. The van der Waals surface area contributed by atoms with Crippen LogP contribution in [-0.2, 0) is 0 Å². The molecular weight excluding hydrogens is 262 g/mol. The summed E-state index contributed by atoms with van der Waals surface area (Å²) in [5, 5.41) is 0.897. The molecule has 3 rings (SSSR count). The average molecular weight is 283 g/mol. The smallest absolute Gasteiger partial charge is 0.272 e. The number of fused-ring (bicyclic) bond motifs is 1. The number of nitrogen functional groups attached to an aromatic ring is 1. The fraction of sp³-hybridized carbons (Fsp3) is 0.412. The van der Waals surface area contributed by atoms with E-state index >= 15 is 0 Å². The molecule has 1 saturated heterocycles. The Hall–Kier alpha value is -2.10. The van der Waals surface area contributed by atoms with Crippen LogP contribution in [0.25, 0.3) is 10.9 Å². The van der Waals surface area contributed by atoms with Gasteiger partial charge in [0.15, 0.2) is 0 Å². The van der Waals surface area contributed by atoms with Gasteiger partial charge in [0, 0.05) is 23.7 Å². The molecular formula is C17H21N3O. The number of para-hydroxylation sites is 1. The maximum absolute atomic E-state index is 12.8. The molecule has 0 spiro atoms. The second-order valence-corrected chi connectivity index (χ2v) is 6.10. The summed E-state index contributed by atoms with van der Waals surface area (Å²) in [4.78, 5) is 19.2. The van der Waals surface area contributed by atoms with Gasteiger partial charge in [-0.2, -0.15) is 0 Å². The number of carbonyl (C=O) groups excluding carboxylic acids is 1. The third-order valence-corrected chi connectivity index (χ3v) is 4.35. The summed E-state index contributed by atoms with van der Waals surface area (Å²) >= 11 is 0. The largest absolute Gasteiger partial charge is 0.398 e. The lowest BCUT2D eigenvalue weighted by Crippen LogP contribution is -2.45. The van der Waals surface area contributed by atoms with Gasteiger partial charge in [0.2, 0.25) is 0 Å². The molecule has 1 aliphatic heterocycles. The van der Waals surface area contributed by atoms with Crippen LogP contribution in [0.2, 0.25) is 0 Å². The van der Waals surface area contributed by atoms with Crippen molar-refractivity contribution in [3.8, 4) is 0 Å². The molecule has 2 atom stereocenters. The Morgan fingerprint density at radius 2 is 2.05 bits per heavy atom. The van der Waals surface area contributed by atoms with Crippen LogP contribution in [-0.4, -0.2) is 28.4 Å². The number of rotatable bonds is 1. The zero-order valence-corrected chi connectivity index (χ0v) is 12.5. The highest BCUT2D eigenvalue weighted by atomic mass is 16.2. The molecule has 0 aliphatic carbocycles. The Bertz CT molecular complexity index is 683. The molecule has 2 unspecified atom stereocenters. The first kappa shape index (κ1) is 13.9. The molecule has 0 radical (unpaired) electrons. The molecule has 110 valence electrons. The number of aromatic nitrogens is 1. The Labute approximate surface area is 125 Å². The number of hydrogen-bond acceptors (Lipinski definition) is 3. The van der Waals surface area contributed by atoms with Crippen molar-refractivity contribution in [2.45, 2.75) is 32.7 Å². The van der Waals surface area contributed by atoms with E-state index in [0.29, 0.717) is 17.3 Å². The number of anilines is 1. The lowest BCUT2D eigenvalue weighted by Gasteiger charge is -2.36. The van der Waals surface area contributed by atoms with Crippen molar-refractivity contribution in [2.75, 3.05) is 12.3 Å². The topological polar surface area (TPSA) is 59.2 Å². The summed E-state index contributed by atoms with van der Waals surface area (Å²) in [6.07, 6.45) is 2.23. The van der Waals surface area contributed by atoms with E-state index in [0.717, 1.165) is 23.9 Å². The first-order valence-corrected chi connectivity index (χ1v) is 7.52. The van der Waals surface area contributed by atoms with Gasteiger partial charge < -0.3 is 10.6 Å². The minimum atomic E-state index is -0.00787. The van der Waals surface area contributed by atoms with Crippen LogP contribution in [0.5, 0.6) is 0 Å². The van der Waals surface area contributed by atoms with E-state index in [4.69, 9.17) is 5.73 Å². The predicted molar refractivity (Wildman–Crippen MR) is 85.1 cm³/mol. The number of carbonyl (C=O) groups is 1. The van der Waals surface area contributed by atoms with Crippen LogP contribution in [0, 0.1) is 5.92 Å². The van der Waals surface area contributed by atoms with Crippen molar-refractivity contribution in [2.24, 2.45) is 5.92 Å². The van der Waals surface area contributed by atoms with E-state index in [1.165, 1.54) is 6.42 Å². The van der Waals surface area contributed by atoms with Crippen LogP contribution in [0.4, 0.5) is 5.69 Å². The highest BCUT2D eigenvalue weighted by molar-refractivity contribution is 5.99. The average Bonchev–Trinajstić information content (AvgIpc) is 2.49. The van der Waals surface area contributed by atoms with Crippen molar-refractivity contribution in [3.63, 3.8) is 0 Å². The highest BCUT2D eigenvalue weighted by Gasteiger charge is 2.28. The Morgan fingerprint density at radius 3 is 2.86 bits per heavy atom. The molecule has 4 nitrogen and oxygen atoms in total. The second-order valence-electron chi connectivity index (χ2n) is 6.10. The SMILES string of the molecule is CC1CCC(C)N(C(=O)c2cc(N)c3ccccc3n2)C1. The Balaban J connectivity index is 1.97. The third-order valence-electron chi connectivity index (χ3n) is 4.35. The number of nitrogens with two attached hydrogens (primary N) is 1. The minimum absolute atomic E-state index is 0.00787. The number of piperidine rings is 1. The quantitative estimate of drug-likeness (QED) is 0.875. The molecule has 0 saturated carbocycles. The molecule has 0 bridgehead atoms. The van der Waals surface area contributed by atoms with Gasteiger partial charge in [-0.1, -0.05) is 25.1 Å². The molecule has 1 amide bonds. The molecule has 4 heteroatoms. The van der Waals surface area contributed by atoms with Gasteiger partial charge in [-0.15, -0.1) is 0 Å². The summed E-state index contributed by atoms with van der Waals surface area (Å²) in [7, 11) is 0. The monoisotopic (exact) mass is 283 g/mol. The van der Waals surface area contributed by atoms with Crippen LogP contribution in [0.3, 0.4) is 0 Å². The normalized spacial score (nSPS) is 22.5. The summed E-state index contributed by atoms with van der Waals surface area (Å²) < 4.78 is 0. The number of nitrogens with zero attached hydrogens (tertiary/aromatic N) is 2. The van der Waals surface area contributed by atoms with E-state index in [2.05, 4.69) is 18.8 Å². The van der Waals surface area contributed by atoms with Crippen molar-refractivity contribution < 1.29 is 4.79 Å². The number of pyridine rings is 1. The third kappa shape index (κ3) is 2.58. The maximum atomic E-state index is 12.8. The van der Waals surface area contributed by atoms with E-state index in [-0.39, 0.29) is 11.9 Å². The number of hydrogen-bond donors (Lipinski definition) is 1. The number of amides is 1. The molecule has 2 heterocycles. The van der Waals surface area contributed by atoms with E-state index < -0.39 is 0 Å². The summed E-state index contributed by atoms with van der Waals surface area (Å²) in [5.74, 6) is 0.537. The summed E-state index contributed by atoms with van der Waals surface area (Å²) in [6, 6.07) is 9.63. The van der Waals surface area contributed by atoms with Crippen molar-refractivity contribution in [1.82, 2.24) is 9.88 Å². The van der Waals surface area contributed by atoms with Crippen LogP contribution >= 0.6 is 0 Å². The number of likely N-dealkylation sites (tertiary alicyclic amines) is 1. The highest BCUT2D eigenvalue weighted by Crippen LogP contribution is 2.25. The summed E-state index contributed by atoms with van der Waals surface area (Å²) in [6.45, 7) is 5.09. The first-order chi connectivity index (χ1) is 10.1. The minimum Gasteiger partial charge on any atom is -0.398 e. The van der Waals surface area contributed by atoms with Gasteiger partial charge >= 0.3 is 0 Å². The van der Waals surface area contributed by atoms with E-state index in [9.17, 15) is 4.79 Å². The maximum Gasteiger partial charge on any atom is 0.272 e. The van der Waals surface area contributed by atoms with Crippen LogP contribution in [0.15, 0.2) is 30.3 Å². The van der Waals surface area contributed by atoms with Crippen molar-refractivity contribution in [3.05, 3.63) is 36.0 Å². The predicted octanol–water partition coefficient (Wildman–Crippen LogP) is 3.08. The van der Waals surface area contributed by atoms with E-state index in [1.54, 1.807) is 6.07 Å². The fourth-order valence-corrected chi connectivity index (χ4v) is 3.03. The molecule has 1 aromatic carbocycles. The van der Waals surface area contributed by atoms with Gasteiger partial charge in [0.05, 0.1) is 5.52 Å². The lowest BCUT2D eigenvalue weighted by atomic mass is 9.94. The summed E-state index contributed by atoms with van der Waals surface area (Å²) in [5.41, 5.74) is 7.92. The standard InChI is InChI=1S/C17H21N3O/c1-11-7-8-12(2)20(10-11)17(21)16-9-14(18)13-5-3-4-6-15(13)19-16/h3-6,9,11-12H,7-8,10H2,1-2H3,(H2,18,19). The Kier molecular flexibility index (Phi) is 3.53. The lowest BCUT2D eigenvalue weighted by molar-refractivity contribution is 0.0568. The van der Waals surface area contributed by atoms with Crippen LogP contribution in [0.1, 0.15) is 37.2 Å². The van der Waals surface area contributed by atoms with Crippen molar-refractivity contribution in [1.29, 1.82) is 0 Å². The van der Waals surface area contributed by atoms with Gasteiger partial charge in [0.1, 0.15) is 5.69 Å². The zero-order chi connectivity index (χ0) is 15.0. The Morgan fingerprint density at radius 1 is 1.29 bits per heavy atom. The van der Waals surface area contributed by atoms with E-state index in [1.807, 2.05) is 29.2 Å². The number of benzene rings is 1. The van der Waals surface area contributed by atoms with Gasteiger partial charge in [0.25, 0.3) is 5.91 Å². The van der Waals surface area contributed by atoms with Gasteiger partial charge in [-0.3, -0.25) is 4.79 Å². The van der Waals surface area contributed by atoms with Crippen molar-refractivity contribution >= 4 is 22.5 Å². The molecule has 21 heavy (non-hydrogen) atoms. The first-order valence-electron chi connectivity index (χ1n) is 7.52. The van der Waals surface area contributed by atoms with Crippen LogP contribution < -0.4 is 5.73 Å². The molecule has 2 aromatic rings. The zero-order valence-electron chi connectivity index (χ0n) is 12.5. The second kappa shape index (κ2) is 5.35. The van der Waals surface area contributed by atoms with Gasteiger partial charge in [-0.05, 0) is 37.8 Å².